The normalized spacial score (nSPS) is 12.7. The second-order valence-corrected chi connectivity index (χ2v) is 4.27. The van der Waals surface area contributed by atoms with Crippen LogP contribution < -0.4 is 0 Å². The molecule has 0 N–H and O–H groups in total. The fourth-order valence-electron chi connectivity index (χ4n) is 1.86. The van der Waals surface area contributed by atoms with Gasteiger partial charge in [0.15, 0.2) is 0 Å². The Hall–Kier alpha value is -1.57. The van der Waals surface area contributed by atoms with Crippen molar-refractivity contribution in [1.29, 1.82) is 0 Å². The smallest absolute Gasteiger partial charge is 0.0649 e. The number of aryl methyl sites for hydroxylation is 1. The number of benzene rings is 1. The van der Waals surface area contributed by atoms with Crippen LogP contribution in [0.5, 0.6) is 0 Å². The lowest BCUT2D eigenvalue weighted by atomic mass is 10.0. The van der Waals surface area contributed by atoms with Crippen LogP contribution in [0.25, 0.3) is 5.69 Å². The van der Waals surface area contributed by atoms with Crippen LogP contribution in [0.3, 0.4) is 0 Å². The summed E-state index contributed by atoms with van der Waals surface area (Å²) < 4.78 is 2.06. The van der Waals surface area contributed by atoms with Gasteiger partial charge in [-0.1, -0.05) is 32.0 Å². The standard InChI is InChI=1S/C14H18N2/c1-4-11(2)14-10-12(3)15-16(14)13-8-6-5-7-9-13/h5-11H,4H2,1-3H3. The van der Waals surface area contributed by atoms with Gasteiger partial charge < -0.3 is 0 Å². The van der Waals surface area contributed by atoms with Gasteiger partial charge in [-0.3, -0.25) is 0 Å². The first-order valence-electron chi connectivity index (χ1n) is 5.84. The molecular formula is C14H18N2. The minimum Gasteiger partial charge on any atom is -0.237 e. The van der Waals surface area contributed by atoms with E-state index in [-0.39, 0.29) is 0 Å². The SMILES string of the molecule is CCC(C)c1cc(C)nn1-c1ccccc1. The molecule has 0 bridgehead atoms. The monoisotopic (exact) mass is 214 g/mol. The molecule has 1 unspecified atom stereocenters. The highest BCUT2D eigenvalue weighted by Gasteiger charge is 2.12. The first-order chi connectivity index (χ1) is 7.72. The molecule has 1 aromatic carbocycles. The van der Waals surface area contributed by atoms with Crippen molar-refractivity contribution in [3.63, 3.8) is 0 Å². The third kappa shape index (κ3) is 2.01. The fraction of sp³-hybridized carbons (Fsp3) is 0.357. The maximum Gasteiger partial charge on any atom is 0.0649 e. The zero-order chi connectivity index (χ0) is 11.5. The topological polar surface area (TPSA) is 17.8 Å². The molecule has 1 atom stereocenters. The molecule has 16 heavy (non-hydrogen) atoms. The molecular weight excluding hydrogens is 196 g/mol. The van der Waals surface area contributed by atoms with Crippen molar-refractivity contribution in [3.05, 3.63) is 47.8 Å². The minimum absolute atomic E-state index is 0.543. The summed E-state index contributed by atoms with van der Waals surface area (Å²) in [6.07, 6.45) is 1.14. The Bertz CT molecular complexity index is 457. The molecule has 1 heterocycles. The number of rotatable bonds is 3. The van der Waals surface area contributed by atoms with Gasteiger partial charge in [-0.05, 0) is 37.5 Å². The van der Waals surface area contributed by atoms with Crippen LogP contribution in [0.1, 0.15) is 37.6 Å². The number of hydrogen-bond donors (Lipinski definition) is 0. The zero-order valence-corrected chi connectivity index (χ0v) is 10.1. The van der Waals surface area contributed by atoms with E-state index in [9.17, 15) is 0 Å². The van der Waals surface area contributed by atoms with Gasteiger partial charge in [-0.2, -0.15) is 5.10 Å². The van der Waals surface area contributed by atoms with E-state index in [1.807, 2.05) is 25.1 Å². The highest BCUT2D eigenvalue weighted by Crippen LogP contribution is 2.22. The van der Waals surface area contributed by atoms with Gasteiger partial charge in [0.25, 0.3) is 0 Å². The van der Waals surface area contributed by atoms with Crippen LogP contribution in [0.2, 0.25) is 0 Å². The fourth-order valence-corrected chi connectivity index (χ4v) is 1.86. The zero-order valence-electron chi connectivity index (χ0n) is 10.1. The van der Waals surface area contributed by atoms with E-state index < -0.39 is 0 Å². The summed E-state index contributed by atoms with van der Waals surface area (Å²) in [5.74, 6) is 0.543. The van der Waals surface area contributed by atoms with E-state index in [0.717, 1.165) is 17.8 Å². The van der Waals surface area contributed by atoms with E-state index in [0.29, 0.717) is 5.92 Å². The average molecular weight is 214 g/mol. The third-order valence-electron chi connectivity index (χ3n) is 2.98. The van der Waals surface area contributed by atoms with Crippen LogP contribution in [0.15, 0.2) is 36.4 Å². The molecule has 2 heteroatoms. The van der Waals surface area contributed by atoms with E-state index in [2.05, 4.69) is 41.8 Å². The van der Waals surface area contributed by atoms with Gasteiger partial charge in [-0.25, -0.2) is 4.68 Å². The van der Waals surface area contributed by atoms with Crippen molar-refractivity contribution in [2.24, 2.45) is 0 Å². The van der Waals surface area contributed by atoms with E-state index in [1.54, 1.807) is 0 Å². The molecule has 0 aliphatic heterocycles. The summed E-state index contributed by atoms with van der Waals surface area (Å²) in [6, 6.07) is 12.5. The van der Waals surface area contributed by atoms with Crippen molar-refractivity contribution in [3.8, 4) is 5.69 Å². The van der Waals surface area contributed by atoms with Crippen LogP contribution in [-0.4, -0.2) is 9.78 Å². The Morgan fingerprint density at radius 3 is 2.56 bits per heavy atom. The number of nitrogens with zero attached hydrogens (tertiary/aromatic N) is 2. The first kappa shape index (κ1) is 10.9. The predicted octanol–water partition coefficient (Wildman–Crippen LogP) is 3.69. The molecule has 2 nitrogen and oxygen atoms in total. The average Bonchev–Trinajstić information content (AvgIpc) is 2.71. The van der Waals surface area contributed by atoms with Crippen molar-refractivity contribution in [1.82, 2.24) is 9.78 Å². The summed E-state index contributed by atoms with van der Waals surface area (Å²) in [4.78, 5) is 0. The van der Waals surface area contributed by atoms with E-state index in [1.165, 1.54) is 5.69 Å². The molecule has 0 amide bonds. The van der Waals surface area contributed by atoms with Gasteiger partial charge in [0.1, 0.15) is 0 Å². The second-order valence-electron chi connectivity index (χ2n) is 4.27. The van der Waals surface area contributed by atoms with Gasteiger partial charge in [-0.15, -0.1) is 0 Å². The quantitative estimate of drug-likeness (QED) is 0.761. The molecule has 0 aliphatic rings. The van der Waals surface area contributed by atoms with Gasteiger partial charge in [0.05, 0.1) is 11.4 Å². The van der Waals surface area contributed by atoms with Crippen LogP contribution in [0.4, 0.5) is 0 Å². The van der Waals surface area contributed by atoms with Gasteiger partial charge in [0, 0.05) is 5.69 Å². The number of aromatic nitrogens is 2. The highest BCUT2D eigenvalue weighted by molar-refractivity contribution is 5.34. The van der Waals surface area contributed by atoms with Crippen LogP contribution in [0, 0.1) is 6.92 Å². The lowest BCUT2D eigenvalue weighted by Crippen LogP contribution is -2.04. The Morgan fingerprint density at radius 1 is 1.25 bits per heavy atom. The Morgan fingerprint density at radius 2 is 1.94 bits per heavy atom. The van der Waals surface area contributed by atoms with Gasteiger partial charge in [0.2, 0.25) is 0 Å². The van der Waals surface area contributed by atoms with Crippen molar-refractivity contribution >= 4 is 0 Å². The summed E-state index contributed by atoms with van der Waals surface area (Å²) in [7, 11) is 0. The molecule has 2 rings (SSSR count). The summed E-state index contributed by atoms with van der Waals surface area (Å²) >= 11 is 0. The van der Waals surface area contributed by atoms with Crippen molar-refractivity contribution in [2.45, 2.75) is 33.1 Å². The van der Waals surface area contributed by atoms with E-state index >= 15 is 0 Å². The molecule has 0 fully saturated rings. The third-order valence-corrected chi connectivity index (χ3v) is 2.98. The number of hydrogen-bond acceptors (Lipinski definition) is 1. The van der Waals surface area contributed by atoms with Crippen LogP contribution >= 0.6 is 0 Å². The maximum absolute atomic E-state index is 4.57. The largest absolute Gasteiger partial charge is 0.237 e. The van der Waals surface area contributed by atoms with Gasteiger partial charge >= 0.3 is 0 Å². The Kier molecular flexibility index (Phi) is 3.09. The predicted molar refractivity (Wildman–Crippen MR) is 67.0 cm³/mol. The summed E-state index contributed by atoms with van der Waals surface area (Å²) in [5.41, 5.74) is 3.52. The molecule has 0 saturated heterocycles. The Labute approximate surface area is 96.9 Å². The van der Waals surface area contributed by atoms with Crippen LogP contribution in [-0.2, 0) is 0 Å². The molecule has 84 valence electrons. The summed E-state index contributed by atoms with van der Waals surface area (Å²) in [5, 5.41) is 4.57. The molecule has 0 spiro atoms. The van der Waals surface area contributed by atoms with Crippen molar-refractivity contribution < 1.29 is 0 Å². The first-order valence-corrected chi connectivity index (χ1v) is 5.84. The number of para-hydroxylation sites is 1. The molecule has 0 radical (unpaired) electrons. The second kappa shape index (κ2) is 4.52. The lowest BCUT2D eigenvalue weighted by Gasteiger charge is -2.11. The highest BCUT2D eigenvalue weighted by atomic mass is 15.3. The minimum atomic E-state index is 0.543. The molecule has 2 aromatic rings. The Balaban J connectivity index is 2.48. The molecule has 0 saturated carbocycles. The van der Waals surface area contributed by atoms with Crippen molar-refractivity contribution in [2.75, 3.05) is 0 Å². The lowest BCUT2D eigenvalue weighted by molar-refractivity contribution is 0.663. The summed E-state index contributed by atoms with van der Waals surface area (Å²) in [6.45, 7) is 6.50. The molecule has 0 aliphatic carbocycles. The maximum atomic E-state index is 4.57. The van der Waals surface area contributed by atoms with E-state index in [4.69, 9.17) is 0 Å². The molecule has 1 aromatic heterocycles.